The van der Waals surface area contributed by atoms with Gasteiger partial charge < -0.3 is 14.6 Å². The molecule has 0 heterocycles. The lowest BCUT2D eigenvalue weighted by Crippen LogP contribution is -2.21. The Morgan fingerprint density at radius 3 is 2.32 bits per heavy atom. The predicted molar refractivity (Wildman–Crippen MR) is 85.0 cm³/mol. The van der Waals surface area contributed by atoms with Crippen molar-refractivity contribution in [2.75, 3.05) is 12.8 Å². The highest BCUT2D eigenvalue weighted by Crippen LogP contribution is 2.18. The van der Waals surface area contributed by atoms with Crippen molar-refractivity contribution in [3.63, 3.8) is 0 Å². The van der Waals surface area contributed by atoms with E-state index in [2.05, 4.69) is 5.32 Å². The Labute approximate surface area is 130 Å². The normalized spacial score (nSPS) is 12.8. The Hall–Kier alpha value is -1.89. The molecule has 0 unspecified atom stereocenters. The molecule has 0 spiro atoms. The molecule has 5 nitrogen and oxygen atoms in total. The van der Waals surface area contributed by atoms with E-state index in [9.17, 15) is 13.5 Å². The van der Waals surface area contributed by atoms with Crippen LogP contribution >= 0.6 is 0 Å². The molecule has 22 heavy (non-hydrogen) atoms. The Morgan fingerprint density at radius 1 is 1.09 bits per heavy atom. The number of hydrogen-bond donors (Lipinski definition) is 2. The third kappa shape index (κ3) is 5.48. The molecule has 0 aliphatic rings. The summed E-state index contributed by atoms with van der Waals surface area (Å²) in [4.78, 5) is 0. The van der Waals surface area contributed by atoms with Crippen molar-refractivity contribution in [1.82, 2.24) is 5.32 Å². The van der Waals surface area contributed by atoms with E-state index in [-0.39, 0.29) is 5.75 Å². The first-order valence-corrected chi connectivity index (χ1v) is 8.68. The summed E-state index contributed by atoms with van der Waals surface area (Å²) >= 11 is 0. The minimum atomic E-state index is -3.53. The number of aliphatic hydroxyl groups excluding tert-OH is 1. The minimum Gasteiger partial charge on any atom is -0.387 e. The van der Waals surface area contributed by atoms with Crippen LogP contribution in [0.5, 0.6) is 5.75 Å². The van der Waals surface area contributed by atoms with Gasteiger partial charge in [-0.2, -0.15) is 8.42 Å². The summed E-state index contributed by atoms with van der Waals surface area (Å²) in [5, 5.41) is 13.3. The molecule has 2 aromatic carbocycles. The maximum Gasteiger partial charge on any atom is 0.306 e. The minimum absolute atomic E-state index is 0.232. The Bertz CT molecular complexity index is 684. The van der Waals surface area contributed by atoms with Crippen molar-refractivity contribution in [2.45, 2.75) is 12.6 Å². The van der Waals surface area contributed by atoms with E-state index in [0.717, 1.165) is 11.8 Å². The number of hydrogen-bond acceptors (Lipinski definition) is 5. The van der Waals surface area contributed by atoms with Crippen LogP contribution in [0, 0.1) is 0 Å². The van der Waals surface area contributed by atoms with Gasteiger partial charge in [0.1, 0.15) is 5.75 Å². The van der Waals surface area contributed by atoms with Crippen molar-refractivity contribution in [3.05, 3.63) is 65.7 Å². The molecule has 0 saturated carbocycles. The van der Waals surface area contributed by atoms with Gasteiger partial charge in [-0.15, -0.1) is 0 Å². The molecule has 0 amide bonds. The molecular formula is C16H19NO4S. The fourth-order valence-electron chi connectivity index (χ4n) is 1.99. The van der Waals surface area contributed by atoms with Gasteiger partial charge in [0, 0.05) is 13.1 Å². The van der Waals surface area contributed by atoms with Crippen LogP contribution in [0.15, 0.2) is 54.6 Å². The monoisotopic (exact) mass is 321 g/mol. The summed E-state index contributed by atoms with van der Waals surface area (Å²) in [6.07, 6.45) is 0.319. The Balaban J connectivity index is 1.86. The second-order valence-corrected chi connectivity index (χ2v) is 6.56. The molecule has 0 bridgehead atoms. The molecule has 2 N–H and O–H groups in total. The topological polar surface area (TPSA) is 75.6 Å². The fraction of sp³-hybridized carbons (Fsp3) is 0.250. The first-order chi connectivity index (χ1) is 10.4. The predicted octanol–water partition coefficient (Wildman–Crippen LogP) is 1.85. The summed E-state index contributed by atoms with van der Waals surface area (Å²) < 4.78 is 26.8. The lowest BCUT2D eigenvalue weighted by molar-refractivity contribution is 0.174. The highest BCUT2D eigenvalue weighted by molar-refractivity contribution is 7.86. The standard InChI is InChI=1S/C16H19NO4S/c1-22(19,20)21-15-9-7-14(8-10-15)16(18)12-17-11-13-5-3-2-4-6-13/h2-10,16-18H,11-12H2,1H3/t16-/m0/s1. The first kappa shape index (κ1) is 16.5. The van der Waals surface area contributed by atoms with E-state index in [0.29, 0.717) is 18.7 Å². The molecule has 6 heteroatoms. The largest absolute Gasteiger partial charge is 0.387 e. The van der Waals surface area contributed by atoms with Crippen LogP contribution in [-0.4, -0.2) is 26.3 Å². The van der Waals surface area contributed by atoms with Gasteiger partial charge in [-0.3, -0.25) is 0 Å². The SMILES string of the molecule is CS(=O)(=O)Oc1ccc([C@@H](O)CNCc2ccccc2)cc1. The van der Waals surface area contributed by atoms with Gasteiger partial charge in [-0.25, -0.2) is 0 Å². The summed E-state index contributed by atoms with van der Waals surface area (Å²) in [7, 11) is -3.53. The van der Waals surface area contributed by atoms with Gasteiger partial charge in [-0.05, 0) is 23.3 Å². The summed E-state index contributed by atoms with van der Waals surface area (Å²) in [6.45, 7) is 1.08. The average Bonchev–Trinajstić information content (AvgIpc) is 2.47. The van der Waals surface area contributed by atoms with Crippen LogP contribution in [-0.2, 0) is 16.7 Å². The molecule has 1 atom stereocenters. The van der Waals surface area contributed by atoms with E-state index < -0.39 is 16.2 Å². The van der Waals surface area contributed by atoms with Crippen LogP contribution in [0.3, 0.4) is 0 Å². The zero-order valence-corrected chi connectivity index (χ0v) is 13.1. The van der Waals surface area contributed by atoms with E-state index in [4.69, 9.17) is 4.18 Å². The second-order valence-electron chi connectivity index (χ2n) is 4.99. The second kappa shape index (κ2) is 7.40. The van der Waals surface area contributed by atoms with Crippen molar-refractivity contribution in [2.24, 2.45) is 0 Å². The smallest absolute Gasteiger partial charge is 0.306 e. The molecule has 0 radical (unpaired) electrons. The van der Waals surface area contributed by atoms with Crippen LogP contribution in [0.1, 0.15) is 17.2 Å². The third-order valence-electron chi connectivity index (χ3n) is 3.02. The summed E-state index contributed by atoms with van der Waals surface area (Å²) in [5.74, 6) is 0.232. The molecule has 0 fully saturated rings. The molecule has 2 rings (SSSR count). The van der Waals surface area contributed by atoms with E-state index >= 15 is 0 Å². The average molecular weight is 321 g/mol. The number of nitrogens with one attached hydrogen (secondary N) is 1. The highest BCUT2D eigenvalue weighted by atomic mass is 32.2. The Morgan fingerprint density at radius 2 is 1.73 bits per heavy atom. The van der Waals surface area contributed by atoms with Gasteiger partial charge in [-0.1, -0.05) is 42.5 Å². The lowest BCUT2D eigenvalue weighted by Gasteiger charge is -2.13. The number of rotatable bonds is 7. The van der Waals surface area contributed by atoms with Crippen LogP contribution in [0.25, 0.3) is 0 Å². The number of aliphatic hydroxyl groups is 1. The maximum absolute atomic E-state index is 11.0. The van der Waals surface area contributed by atoms with Crippen molar-refractivity contribution < 1.29 is 17.7 Å². The van der Waals surface area contributed by atoms with Crippen molar-refractivity contribution in [3.8, 4) is 5.75 Å². The third-order valence-corrected chi connectivity index (χ3v) is 3.52. The highest BCUT2D eigenvalue weighted by Gasteiger charge is 2.09. The van der Waals surface area contributed by atoms with Crippen molar-refractivity contribution >= 4 is 10.1 Å². The maximum atomic E-state index is 11.0. The summed E-state index contributed by atoms with van der Waals surface area (Å²) in [5.41, 5.74) is 1.84. The molecule has 0 saturated heterocycles. The van der Waals surface area contributed by atoms with E-state index in [1.807, 2.05) is 30.3 Å². The van der Waals surface area contributed by atoms with Gasteiger partial charge in [0.2, 0.25) is 0 Å². The van der Waals surface area contributed by atoms with E-state index in [1.165, 1.54) is 12.1 Å². The molecule has 0 aromatic heterocycles. The van der Waals surface area contributed by atoms with Gasteiger partial charge in [0.05, 0.1) is 12.4 Å². The molecule has 0 aliphatic heterocycles. The molecule has 118 valence electrons. The fourth-order valence-corrected chi connectivity index (χ4v) is 2.45. The lowest BCUT2D eigenvalue weighted by atomic mass is 10.1. The molecular weight excluding hydrogens is 302 g/mol. The van der Waals surface area contributed by atoms with Crippen molar-refractivity contribution in [1.29, 1.82) is 0 Å². The quantitative estimate of drug-likeness (QED) is 0.761. The summed E-state index contributed by atoms with van der Waals surface area (Å²) in [6, 6.07) is 16.3. The van der Waals surface area contributed by atoms with E-state index in [1.54, 1.807) is 12.1 Å². The Kier molecular flexibility index (Phi) is 5.54. The van der Waals surface area contributed by atoms with Gasteiger partial charge >= 0.3 is 10.1 Å². The zero-order valence-electron chi connectivity index (χ0n) is 12.3. The molecule has 0 aliphatic carbocycles. The van der Waals surface area contributed by atoms with Crippen LogP contribution in [0.4, 0.5) is 0 Å². The number of benzene rings is 2. The van der Waals surface area contributed by atoms with Gasteiger partial charge in [0.15, 0.2) is 0 Å². The van der Waals surface area contributed by atoms with Gasteiger partial charge in [0.25, 0.3) is 0 Å². The van der Waals surface area contributed by atoms with Crippen LogP contribution in [0.2, 0.25) is 0 Å². The first-order valence-electron chi connectivity index (χ1n) is 6.86. The molecule has 2 aromatic rings. The van der Waals surface area contributed by atoms with Crippen LogP contribution < -0.4 is 9.50 Å². The zero-order chi connectivity index (χ0) is 16.0.